The van der Waals surface area contributed by atoms with E-state index in [4.69, 9.17) is 9.47 Å². The summed E-state index contributed by atoms with van der Waals surface area (Å²) >= 11 is 0. The summed E-state index contributed by atoms with van der Waals surface area (Å²) in [5.74, 6) is 0. The predicted molar refractivity (Wildman–Crippen MR) is 113 cm³/mol. The summed E-state index contributed by atoms with van der Waals surface area (Å²) in [7, 11) is 0. The number of hydrogen-bond acceptors (Lipinski definition) is 5. The lowest BCUT2D eigenvalue weighted by atomic mass is 10.0. The highest BCUT2D eigenvalue weighted by atomic mass is 16.5. The van der Waals surface area contributed by atoms with Crippen molar-refractivity contribution in [2.24, 2.45) is 0 Å². The minimum absolute atomic E-state index is 0.263. The molecule has 5 nitrogen and oxygen atoms in total. The fourth-order valence-corrected chi connectivity index (χ4v) is 3.06. The van der Waals surface area contributed by atoms with Crippen LogP contribution in [0.4, 0.5) is 0 Å². The quantitative estimate of drug-likeness (QED) is 0.425. The van der Waals surface area contributed by atoms with Gasteiger partial charge in [0.25, 0.3) is 0 Å². The molecule has 29 heavy (non-hydrogen) atoms. The minimum Gasteiger partial charge on any atom is -0.393 e. The van der Waals surface area contributed by atoms with Crippen molar-refractivity contribution in [2.75, 3.05) is 13.2 Å². The first-order valence-corrected chi connectivity index (χ1v) is 10.4. The van der Waals surface area contributed by atoms with E-state index < -0.39 is 18.3 Å². The molecule has 3 N–H and O–H groups in total. The number of ether oxygens (including phenoxy) is 2. The predicted octanol–water partition coefficient (Wildman–Crippen LogP) is 3.45. The van der Waals surface area contributed by atoms with Gasteiger partial charge in [0.05, 0.1) is 44.7 Å². The van der Waals surface area contributed by atoms with Gasteiger partial charge in [-0.25, -0.2) is 0 Å². The molecule has 3 atom stereocenters. The van der Waals surface area contributed by atoms with Crippen LogP contribution < -0.4 is 0 Å². The van der Waals surface area contributed by atoms with Crippen LogP contribution in [-0.2, 0) is 22.7 Å². The summed E-state index contributed by atoms with van der Waals surface area (Å²) in [6.45, 7) is 1.52. The second kappa shape index (κ2) is 14.3. The lowest BCUT2D eigenvalue weighted by Crippen LogP contribution is -2.19. The molecule has 0 fully saturated rings. The molecule has 0 aliphatic carbocycles. The van der Waals surface area contributed by atoms with Crippen LogP contribution >= 0.6 is 0 Å². The Morgan fingerprint density at radius 2 is 0.966 bits per heavy atom. The Morgan fingerprint density at radius 3 is 1.48 bits per heavy atom. The third-order valence-corrected chi connectivity index (χ3v) is 4.75. The molecule has 0 aliphatic rings. The zero-order chi connectivity index (χ0) is 20.7. The molecule has 0 radical (unpaired) electrons. The second-order valence-corrected chi connectivity index (χ2v) is 7.47. The number of benzene rings is 2. The molecular formula is C24H34O5. The molecule has 2 aromatic carbocycles. The maximum absolute atomic E-state index is 10.1. The van der Waals surface area contributed by atoms with Gasteiger partial charge in [0, 0.05) is 0 Å². The number of rotatable bonds is 15. The van der Waals surface area contributed by atoms with Gasteiger partial charge in [0.15, 0.2) is 0 Å². The fourth-order valence-electron chi connectivity index (χ4n) is 3.06. The van der Waals surface area contributed by atoms with Crippen LogP contribution in [0, 0.1) is 0 Å². The van der Waals surface area contributed by atoms with Gasteiger partial charge >= 0.3 is 0 Å². The Labute approximate surface area is 173 Å². The largest absolute Gasteiger partial charge is 0.393 e. The molecule has 5 heteroatoms. The summed E-state index contributed by atoms with van der Waals surface area (Å²) in [4.78, 5) is 0. The van der Waals surface area contributed by atoms with E-state index in [1.54, 1.807) is 0 Å². The molecule has 0 aliphatic heterocycles. The van der Waals surface area contributed by atoms with E-state index in [2.05, 4.69) is 0 Å². The molecule has 0 bridgehead atoms. The van der Waals surface area contributed by atoms with Crippen molar-refractivity contribution in [1.29, 1.82) is 0 Å². The smallest absolute Gasteiger partial charge is 0.0774 e. The third-order valence-electron chi connectivity index (χ3n) is 4.75. The highest BCUT2D eigenvalue weighted by Gasteiger charge is 2.11. The summed E-state index contributed by atoms with van der Waals surface area (Å²) in [6, 6.07) is 19.7. The molecule has 160 valence electrons. The van der Waals surface area contributed by atoms with Gasteiger partial charge in [-0.15, -0.1) is 0 Å². The summed E-state index contributed by atoms with van der Waals surface area (Å²) < 4.78 is 11.0. The van der Waals surface area contributed by atoms with Gasteiger partial charge in [0.1, 0.15) is 0 Å². The van der Waals surface area contributed by atoms with E-state index in [-0.39, 0.29) is 6.61 Å². The van der Waals surface area contributed by atoms with Crippen molar-refractivity contribution in [3.8, 4) is 0 Å². The average Bonchev–Trinajstić information content (AvgIpc) is 2.74. The van der Waals surface area contributed by atoms with E-state index in [0.717, 1.165) is 17.5 Å². The SMILES string of the molecule is OC(CCC[C@H](O)COCc1ccccc1)CC[C@H](O)COCc1ccccc1. The normalized spacial score (nSPS) is 14.4. The molecule has 0 saturated carbocycles. The van der Waals surface area contributed by atoms with Crippen molar-refractivity contribution in [2.45, 2.75) is 63.6 Å². The van der Waals surface area contributed by atoms with Gasteiger partial charge in [-0.3, -0.25) is 0 Å². The zero-order valence-electron chi connectivity index (χ0n) is 17.0. The molecule has 0 saturated heterocycles. The maximum Gasteiger partial charge on any atom is 0.0774 e. The Hall–Kier alpha value is -1.76. The van der Waals surface area contributed by atoms with Crippen LogP contribution in [0.5, 0.6) is 0 Å². The van der Waals surface area contributed by atoms with Crippen LogP contribution in [-0.4, -0.2) is 46.8 Å². The van der Waals surface area contributed by atoms with Crippen LogP contribution in [0.1, 0.15) is 43.2 Å². The molecule has 0 heterocycles. The van der Waals surface area contributed by atoms with Crippen molar-refractivity contribution < 1.29 is 24.8 Å². The van der Waals surface area contributed by atoms with E-state index in [1.807, 2.05) is 60.7 Å². The molecule has 2 rings (SSSR count). The van der Waals surface area contributed by atoms with Gasteiger partial charge in [-0.1, -0.05) is 60.7 Å². The van der Waals surface area contributed by atoms with Crippen molar-refractivity contribution in [1.82, 2.24) is 0 Å². The molecule has 0 spiro atoms. The molecular weight excluding hydrogens is 368 g/mol. The number of aliphatic hydroxyl groups is 3. The van der Waals surface area contributed by atoms with E-state index in [9.17, 15) is 15.3 Å². The zero-order valence-corrected chi connectivity index (χ0v) is 17.0. The van der Waals surface area contributed by atoms with Crippen molar-refractivity contribution in [3.05, 3.63) is 71.8 Å². The monoisotopic (exact) mass is 402 g/mol. The first-order chi connectivity index (χ1) is 14.1. The summed E-state index contributed by atoms with van der Waals surface area (Å²) in [6.07, 6.45) is 1.36. The van der Waals surface area contributed by atoms with E-state index in [1.165, 1.54) is 0 Å². The summed E-state index contributed by atoms with van der Waals surface area (Å²) in [5.41, 5.74) is 2.16. The van der Waals surface area contributed by atoms with Crippen molar-refractivity contribution >= 4 is 0 Å². The van der Waals surface area contributed by atoms with Crippen LogP contribution in [0.25, 0.3) is 0 Å². The van der Waals surface area contributed by atoms with Gasteiger partial charge in [0.2, 0.25) is 0 Å². The molecule has 0 aromatic heterocycles. The van der Waals surface area contributed by atoms with E-state index >= 15 is 0 Å². The average molecular weight is 403 g/mol. The van der Waals surface area contributed by atoms with Gasteiger partial charge < -0.3 is 24.8 Å². The van der Waals surface area contributed by atoms with Crippen LogP contribution in [0.3, 0.4) is 0 Å². The lowest BCUT2D eigenvalue weighted by Gasteiger charge is -2.16. The Bertz CT molecular complexity index is 634. The van der Waals surface area contributed by atoms with E-state index in [0.29, 0.717) is 45.5 Å². The molecule has 0 amide bonds. The van der Waals surface area contributed by atoms with Crippen molar-refractivity contribution in [3.63, 3.8) is 0 Å². The van der Waals surface area contributed by atoms with Crippen LogP contribution in [0.2, 0.25) is 0 Å². The Morgan fingerprint density at radius 1 is 0.552 bits per heavy atom. The highest BCUT2D eigenvalue weighted by Crippen LogP contribution is 2.12. The standard InChI is InChI=1S/C24H34O5/c25-22(14-15-24(27)19-29-17-21-10-5-2-6-11-21)12-7-13-23(26)18-28-16-20-8-3-1-4-9-20/h1-6,8-11,22-27H,7,12-19H2/t22?,23-,24-/m0/s1. The number of hydrogen-bond donors (Lipinski definition) is 3. The lowest BCUT2D eigenvalue weighted by molar-refractivity contribution is 0.0130. The Balaban J connectivity index is 1.45. The summed E-state index contributed by atoms with van der Waals surface area (Å²) in [5, 5.41) is 30.0. The van der Waals surface area contributed by atoms with Gasteiger partial charge in [-0.05, 0) is 43.2 Å². The van der Waals surface area contributed by atoms with Crippen LogP contribution in [0.15, 0.2) is 60.7 Å². The number of aliphatic hydroxyl groups excluding tert-OH is 3. The minimum atomic E-state index is -0.578. The topological polar surface area (TPSA) is 79.2 Å². The highest BCUT2D eigenvalue weighted by molar-refractivity contribution is 5.14. The third kappa shape index (κ3) is 11.1. The van der Waals surface area contributed by atoms with Gasteiger partial charge in [-0.2, -0.15) is 0 Å². The first-order valence-electron chi connectivity index (χ1n) is 10.4. The molecule has 1 unspecified atom stereocenters. The first kappa shape index (κ1) is 23.5. The Kier molecular flexibility index (Phi) is 11.6. The molecule has 2 aromatic rings. The fraction of sp³-hybridized carbons (Fsp3) is 0.500. The maximum atomic E-state index is 10.1. The second-order valence-electron chi connectivity index (χ2n) is 7.47.